The van der Waals surface area contributed by atoms with Crippen LogP contribution in [0.5, 0.6) is 0 Å². The molecular formula is C32H41N5O5. The lowest BCUT2D eigenvalue weighted by molar-refractivity contribution is -0.130. The van der Waals surface area contributed by atoms with Crippen LogP contribution < -0.4 is 16.0 Å². The fraction of sp³-hybridized carbons (Fsp3) is 0.375. The van der Waals surface area contributed by atoms with E-state index < -0.39 is 42.1 Å². The summed E-state index contributed by atoms with van der Waals surface area (Å²) < 4.78 is 0. The van der Waals surface area contributed by atoms with Crippen LogP contribution in [0.15, 0.2) is 85.8 Å². The normalized spacial score (nSPS) is 14.7. The minimum atomic E-state index is -1.35. The van der Waals surface area contributed by atoms with Gasteiger partial charge in [0.15, 0.2) is 0 Å². The monoisotopic (exact) mass is 575 g/mol. The molecule has 10 heteroatoms. The standard InChI is InChI=1S/C32H41N5O5/c1-4-24(21(2)3)17-29(38)26(15-22-11-7-5-8-12-22)35-31(40)28(18-25-19-33-20-34-25)36-30(39)27(37-32(41)42)16-23-13-9-6-10-14-23/h4-14,19-21,24,26-29,37-38H,1,15-18H2,2-3H3,(H,33,34)(H,35,40)(H,36,39)(H,41,42)/t24-,26-,27-,28?,29-/m0/s1. The second-order valence-corrected chi connectivity index (χ2v) is 10.8. The van der Waals surface area contributed by atoms with Crippen LogP contribution in [0.1, 0.15) is 37.1 Å². The van der Waals surface area contributed by atoms with Gasteiger partial charge >= 0.3 is 6.09 Å². The van der Waals surface area contributed by atoms with E-state index in [0.717, 1.165) is 11.1 Å². The average molecular weight is 576 g/mol. The van der Waals surface area contributed by atoms with Crippen LogP contribution in [0, 0.1) is 11.8 Å². The summed E-state index contributed by atoms with van der Waals surface area (Å²) in [5.74, 6) is -0.864. The molecule has 0 aliphatic heterocycles. The third kappa shape index (κ3) is 10.2. The summed E-state index contributed by atoms with van der Waals surface area (Å²) in [7, 11) is 0. The van der Waals surface area contributed by atoms with Gasteiger partial charge in [-0.3, -0.25) is 9.59 Å². The molecule has 42 heavy (non-hydrogen) atoms. The molecule has 0 spiro atoms. The number of carboxylic acid groups (broad SMARTS) is 1. The van der Waals surface area contributed by atoms with E-state index in [9.17, 15) is 24.6 Å². The number of carbonyl (C=O) groups excluding carboxylic acids is 2. The fourth-order valence-corrected chi connectivity index (χ4v) is 4.82. The lowest BCUT2D eigenvalue weighted by atomic mass is 9.86. The van der Waals surface area contributed by atoms with E-state index >= 15 is 0 Å². The van der Waals surface area contributed by atoms with Crippen LogP contribution in [-0.4, -0.2) is 62.3 Å². The number of H-pyrrole nitrogens is 1. The van der Waals surface area contributed by atoms with Crippen molar-refractivity contribution in [2.45, 2.75) is 63.8 Å². The van der Waals surface area contributed by atoms with Crippen molar-refractivity contribution in [3.63, 3.8) is 0 Å². The molecule has 1 unspecified atom stereocenters. The first-order valence-electron chi connectivity index (χ1n) is 14.1. The molecule has 6 N–H and O–H groups in total. The second kappa shape index (κ2) is 16.1. The lowest BCUT2D eigenvalue weighted by Gasteiger charge is -2.30. The summed E-state index contributed by atoms with van der Waals surface area (Å²) in [5.41, 5.74) is 2.30. The van der Waals surface area contributed by atoms with Crippen molar-refractivity contribution in [3.05, 3.63) is 103 Å². The number of aliphatic hydroxyl groups excluding tert-OH is 1. The number of aromatic amines is 1. The molecule has 5 atom stereocenters. The van der Waals surface area contributed by atoms with E-state index in [-0.39, 0.29) is 24.7 Å². The van der Waals surface area contributed by atoms with Gasteiger partial charge < -0.3 is 31.1 Å². The fourth-order valence-electron chi connectivity index (χ4n) is 4.82. The maximum Gasteiger partial charge on any atom is 0.405 e. The predicted octanol–water partition coefficient (Wildman–Crippen LogP) is 3.25. The van der Waals surface area contributed by atoms with Crippen molar-refractivity contribution in [2.24, 2.45) is 11.8 Å². The molecule has 1 heterocycles. The second-order valence-electron chi connectivity index (χ2n) is 10.8. The zero-order valence-corrected chi connectivity index (χ0v) is 24.1. The molecule has 10 nitrogen and oxygen atoms in total. The van der Waals surface area contributed by atoms with E-state index in [1.54, 1.807) is 30.5 Å². The van der Waals surface area contributed by atoms with Crippen LogP contribution in [0.3, 0.4) is 0 Å². The van der Waals surface area contributed by atoms with Gasteiger partial charge in [-0.1, -0.05) is 80.6 Å². The van der Waals surface area contributed by atoms with Crippen molar-refractivity contribution in [1.82, 2.24) is 25.9 Å². The van der Waals surface area contributed by atoms with Crippen LogP contribution >= 0.6 is 0 Å². The molecule has 0 bridgehead atoms. The van der Waals surface area contributed by atoms with E-state index in [2.05, 4.69) is 46.3 Å². The van der Waals surface area contributed by atoms with Crippen LogP contribution in [0.25, 0.3) is 0 Å². The Morgan fingerprint density at radius 3 is 1.98 bits per heavy atom. The Bertz CT molecular complexity index is 1270. The first-order valence-corrected chi connectivity index (χ1v) is 14.1. The van der Waals surface area contributed by atoms with Gasteiger partial charge in [0, 0.05) is 24.7 Å². The topological polar surface area (TPSA) is 156 Å². The molecule has 224 valence electrons. The third-order valence-electron chi connectivity index (χ3n) is 7.27. The minimum Gasteiger partial charge on any atom is -0.465 e. The number of hydrogen-bond donors (Lipinski definition) is 6. The number of rotatable bonds is 16. The van der Waals surface area contributed by atoms with E-state index in [1.807, 2.05) is 42.5 Å². The molecular weight excluding hydrogens is 534 g/mol. The maximum absolute atomic E-state index is 13.8. The third-order valence-corrected chi connectivity index (χ3v) is 7.27. The summed E-state index contributed by atoms with van der Waals surface area (Å²) in [6.45, 7) is 8.01. The number of amides is 3. The Kier molecular flexibility index (Phi) is 12.3. The van der Waals surface area contributed by atoms with Gasteiger partial charge in [-0.2, -0.15) is 0 Å². The number of aliphatic hydroxyl groups is 1. The molecule has 3 aromatic rings. The summed E-state index contributed by atoms with van der Waals surface area (Å²) in [5, 5.41) is 28.7. The number of hydrogen-bond acceptors (Lipinski definition) is 5. The smallest absolute Gasteiger partial charge is 0.405 e. The molecule has 0 aliphatic rings. The van der Waals surface area contributed by atoms with Crippen LogP contribution in [0.2, 0.25) is 0 Å². The van der Waals surface area contributed by atoms with Crippen LogP contribution in [-0.2, 0) is 28.9 Å². The predicted molar refractivity (Wildman–Crippen MR) is 161 cm³/mol. The zero-order valence-electron chi connectivity index (χ0n) is 24.1. The molecule has 1 aromatic heterocycles. The first-order chi connectivity index (χ1) is 20.2. The number of imidazole rings is 1. The number of nitrogens with zero attached hydrogens (tertiary/aromatic N) is 1. The Labute approximate surface area is 246 Å². The number of aromatic nitrogens is 2. The molecule has 2 aromatic carbocycles. The van der Waals surface area contributed by atoms with Gasteiger partial charge in [0.25, 0.3) is 0 Å². The number of allylic oxidation sites excluding steroid dienone is 1. The molecule has 0 radical (unpaired) electrons. The highest BCUT2D eigenvalue weighted by Gasteiger charge is 2.31. The largest absolute Gasteiger partial charge is 0.465 e. The lowest BCUT2D eigenvalue weighted by Crippen LogP contribution is -2.57. The maximum atomic E-state index is 13.8. The number of carbonyl (C=O) groups is 3. The van der Waals surface area contributed by atoms with Crippen LogP contribution in [0.4, 0.5) is 4.79 Å². The Hall–Kier alpha value is -4.44. The molecule has 3 amide bonds. The van der Waals surface area contributed by atoms with Crippen molar-refractivity contribution in [2.75, 3.05) is 0 Å². The Morgan fingerprint density at radius 1 is 0.881 bits per heavy atom. The SMILES string of the molecule is C=C[C@@H](C[C@H](O)[C@H](Cc1ccccc1)NC(=O)C(Cc1cnc[nH]1)NC(=O)[C@H](Cc1ccccc1)NC(=O)O)C(C)C. The van der Waals surface area contributed by atoms with Crippen molar-refractivity contribution < 1.29 is 24.6 Å². The summed E-state index contributed by atoms with van der Waals surface area (Å²) >= 11 is 0. The molecule has 0 aliphatic carbocycles. The van der Waals surface area contributed by atoms with Gasteiger partial charge in [0.05, 0.1) is 18.5 Å². The Balaban J connectivity index is 1.84. The van der Waals surface area contributed by atoms with E-state index in [0.29, 0.717) is 18.5 Å². The highest BCUT2D eigenvalue weighted by Crippen LogP contribution is 2.21. The van der Waals surface area contributed by atoms with Gasteiger partial charge in [-0.15, -0.1) is 6.58 Å². The number of nitrogens with one attached hydrogen (secondary N) is 4. The molecule has 0 saturated carbocycles. The zero-order chi connectivity index (χ0) is 30.5. The first kappa shape index (κ1) is 32.1. The van der Waals surface area contributed by atoms with Crippen molar-refractivity contribution in [1.29, 1.82) is 0 Å². The quantitative estimate of drug-likeness (QED) is 0.144. The Morgan fingerprint density at radius 2 is 1.45 bits per heavy atom. The highest BCUT2D eigenvalue weighted by atomic mass is 16.4. The van der Waals surface area contributed by atoms with Crippen molar-refractivity contribution >= 4 is 17.9 Å². The minimum absolute atomic E-state index is 0.0384. The molecule has 0 saturated heterocycles. The molecule has 3 rings (SSSR count). The van der Waals surface area contributed by atoms with E-state index in [4.69, 9.17) is 0 Å². The summed E-state index contributed by atoms with van der Waals surface area (Å²) in [6, 6.07) is 15.7. The van der Waals surface area contributed by atoms with Gasteiger partial charge in [-0.25, -0.2) is 9.78 Å². The highest BCUT2D eigenvalue weighted by molar-refractivity contribution is 5.91. The average Bonchev–Trinajstić information content (AvgIpc) is 3.48. The summed E-state index contributed by atoms with van der Waals surface area (Å²) in [4.78, 5) is 45.6. The van der Waals surface area contributed by atoms with Gasteiger partial charge in [0.1, 0.15) is 12.1 Å². The molecule has 0 fully saturated rings. The van der Waals surface area contributed by atoms with Gasteiger partial charge in [-0.05, 0) is 35.8 Å². The number of benzene rings is 2. The van der Waals surface area contributed by atoms with Gasteiger partial charge in [0.2, 0.25) is 11.8 Å². The van der Waals surface area contributed by atoms with Crippen molar-refractivity contribution in [3.8, 4) is 0 Å². The summed E-state index contributed by atoms with van der Waals surface area (Å²) in [6.07, 6.45) is 3.56. The van der Waals surface area contributed by atoms with E-state index in [1.165, 1.54) is 6.33 Å².